The van der Waals surface area contributed by atoms with Gasteiger partial charge < -0.3 is 43.5 Å². The van der Waals surface area contributed by atoms with Crippen molar-refractivity contribution in [3.8, 4) is 33.6 Å². The van der Waals surface area contributed by atoms with Crippen LogP contribution in [-0.2, 0) is 0 Å². The molecule has 0 radical (unpaired) electrons. The maximum Gasteiger partial charge on any atom is 0.142 e. The van der Waals surface area contributed by atoms with Gasteiger partial charge in [-0.3, -0.25) is 4.98 Å². The smallest absolute Gasteiger partial charge is 0.142 e. The molecule has 0 unspecified atom stereocenters. The number of nitrogens with two attached hydrogens (primary N) is 4. The Bertz CT molecular complexity index is 1580. The van der Waals surface area contributed by atoms with Crippen molar-refractivity contribution in [2.24, 2.45) is 0 Å². The van der Waals surface area contributed by atoms with Crippen molar-refractivity contribution in [3.63, 3.8) is 0 Å². The molecule has 0 saturated heterocycles. The first kappa shape index (κ1) is 22.5. The van der Waals surface area contributed by atoms with Crippen LogP contribution in [0.15, 0.2) is 55.9 Å². The lowest BCUT2D eigenvalue weighted by atomic mass is 10.1. The van der Waals surface area contributed by atoms with Crippen LogP contribution in [0.1, 0.15) is 0 Å². The van der Waals surface area contributed by atoms with E-state index in [1.54, 1.807) is 36.9 Å². The number of nitrogen functional groups attached to an aromatic ring is 4. The molecule has 2 aliphatic heterocycles. The van der Waals surface area contributed by atoms with Crippen LogP contribution in [0.2, 0.25) is 0 Å². The number of aromatic amines is 2. The second-order valence-electron chi connectivity index (χ2n) is 8.15. The average Bonchev–Trinajstić information content (AvgIpc) is 3.57. The molecule has 0 amide bonds. The number of fused-ring (bicyclic) bond motifs is 1. The first-order valence-corrected chi connectivity index (χ1v) is 11.2. The molecule has 0 aromatic carbocycles. The lowest BCUT2D eigenvalue weighted by Gasteiger charge is -2.10. The van der Waals surface area contributed by atoms with E-state index in [-0.39, 0.29) is 11.6 Å². The highest BCUT2D eigenvalue weighted by Crippen LogP contribution is 2.42. The number of nitrogens with one attached hydrogen (secondary N) is 4. The van der Waals surface area contributed by atoms with Gasteiger partial charge in [0.05, 0.1) is 33.9 Å². The predicted molar refractivity (Wildman–Crippen MR) is 144 cm³/mol. The molecule has 12 N–H and O–H groups in total. The Labute approximate surface area is 214 Å². The first-order chi connectivity index (χ1) is 18.5. The second kappa shape index (κ2) is 8.90. The largest absolute Gasteiger partial charge is 0.395 e. The van der Waals surface area contributed by atoms with Crippen molar-refractivity contribution < 1.29 is 0 Å². The lowest BCUT2D eigenvalue weighted by molar-refractivity contribution is 1.17. The monoisotopic (exact) mass is 507 g/mol. The van der Waals surface area contributed by atoms with Crippen molar-refractivity contribution in [1.29, 1.82) is 0 Å². The summed E-state index contributed by atoms with van der Waals surface area (Å²) in [6.07, 6.45) is 10.8. The molecule has 15 nitrogen and oxygen atoms in total. The molecule has 0 atom stereocenters. The van der Waals surface area contributed by atoms with Crippen LogP contribution in [0.3, 0.4) is 0 Å². The minimum absolute atomic E-state index is 0.290. The number of H-pyrrole nitrogens is 2. The summed E-state index contributed by atoms with van der Waals surface area (Å²) in [4.78, 5) is 36.0. The Kier molecular flexibility index (Phi) is 5.26. The van der Waals surface area contributed by atoms with Gasteiger partial charge in [0, 0.05) is 35.9 Å². The van der Waals surface area contributed by atoms with Crippen molar-refractivity contribution >= 4 is 46.3 Å². The zero-order valence-electron chi connectivity index (χ0n) is 19.6. The molecule has 0 fully saturated rings. The minimum atomic E-state index is 0.290. The summed E-state index contributed by atoms with van der Waals surface area (Å²) < 4.78 is 0. The van der Waals surface area contributed by atoms with Gasteiger partial charge in [-0.25, -0.2) is 29.9 Å². The van der Waals surface area contributed by atoms with Crippen LogP contribution in [0.5, 0.6) is 0 Å². The van der Waals surface area contributed by atoms with Gasteiger partial charge in [0.2, 0.25) is 0 Å². The molecule has 0 bridgehead atoms. The van der Waals surface area contributed by atoms with E-state index in [2.05, 4.69) is 55.5 Å². The fourth-order valence-corrected chi connectivity index (χ4v) is 4.09. The molecule has 6 rings (SSSR count). The molecular formula is C23H21N15. The van der Waals surface area contributed by atoms with Crippen molar-refractivity contribution in [3.05, 3.63) is 55.9 Å². The van der Waals surface area contributed by atoms with Crippen LogP contribution >= 0.6 is 0 Å². The van der Waals surface area contributed by atoms with Crippen molar-refractivity contribution in [2.45, 2.75) is 0 Å². The normalized spacial score (nSPS) is 11.1. The molecule has 2 aliphatic rings. The van der Waals surface area contributed by atoms with Crippen molar-refractivity contribution in [2.75, 3.05) is 33.6 Å². The summed E-state index contributed by atoms with van der Waals surface area (Å²) in [6.45, 7) is 0. The van der Waals surface area contributed by atoms with E-state index >= 15 is 0 Å². The van der Waals surface area contributed by atoms with Crippen LogP contribution < -0.4 is 33.6 Å². The molecule has 4 aromatic rings. The highest BCUT2D eigenvalue weighted by molar-refractivity contribution is 5.96. The summed E-state index contributed by atoms with van der Waals surface area (Å²) in [5.41, 5.74) is 29.1. The Morgan fingerprint density at radius 3 is 1.47 bits per heavy atom. The Morgan fingerprint density at radius 1 is 0.579 bits per heavy atom. The van der Waals surface area contributed by atoms with Gasteiger partial charge in [0.25, 0.3) is 0 Å². The topological polar surface area (TPSA) is 250 Å². The summed E-state index contributed by atoms with van der Waals surface area (Å²) in [5.74, 6) is 2.50. The summed E-state index contributed by atoms with van der Waals surface area (Å²) in [7, 11) is 0. The van der Waals surface area contributed by atoms with Gasteiger partial charge in [0.15, 0.2) is 0 Å². The fourth-order valence-electron chi connectivity index (χ4n) is 4.09. The van der Waals surface area contributed by atoms with Gasteiger partial charge >= 0.3 is 0 Å². The minimum Gasteiger partial charge on any atom is -0.395 e. The molecule has 6 heterocycles. The van der Waals surface area contributed by atoms with Gasteiger partial charge in [-0.1, -0.05) is 0 Å². The number of rotatable bonds is 6. The number of aromatic nitrogens is 9. The maximum atomic E-state index is 6.25. The van der Waals surface area contributed by atoms with Gasteiger partial charge in [0.1, 0.15) is 53.9 Å². The molecular weight excluding hydrogens is 486 g/mol. The number of anilines is 8. The van der Waals surface area contributed by atoms with Crippen LogP contribution in [0, 0.1) is 0 Å². The number of hydrogen-bond acceptors (Lipinski definition) is 13. The lowest BCUT2D eigenvalue weighted by Crippen LogP contribution is -1.99. The number of hydrogen-bond donors (Lipinski definition) is 8. The summed E-state index contributed by atoms with van der Waals surface area (Å²) in [6, 6.07) is 3.46. The third-order valence-electron chi connectivity index (χ3n) is 5.88. The van der Waals surface area contributed by atoms with E-state index in [9.17, 15) is 0 Å². The Balaban J connectivity index is 1.38. The fraction of sp³-hybridized carbons (Fsp3) is 0. The van der Waals surface area contributed by atoms with E-state index < -0.39 is 0 Å². The van der Waals surface area contributed by atoms with Crippen molar-refractivity contribution in [1.82, 2.24) is 44.9 Å². The van der Waals surface area contributed by atoms with Gasteiger partial charge in [-0.05, 0) is 12.1 Å². The maximum absolute atomic E-state index is 6.25. The zero-order valence-corrected chi connectivity index (χ0v) is 19.6. The molecule has 15 heteroatoms. The molecule has 0 saturated carbocycles. The Hall–Kier alpha value is -5.99. The Morgan fingerprint density at radius 2 is 1.05 bits per heavy atom. The zero-order chi connectivity index (χ0) is 26.2. The van der Waals surface area contributed by atoms with Crippen LogP contribution in [0.25, 0.3) is 33.6 Å². The molecule has 0 spiro atoms. The first-order valence-electron chi connectivity index (χ1n) is 11.2. The van der Waals surface area contributed by atoms with Crippen LogP contribution in [-0.4, -0.2) is 44.9 Å². The second-order valence-corrected chi connectivity index (χ2v) is 8.15. The third kappa shape index (κ3) is 3.76. The van der Waals surface area contributed by atoms with Gasteiger partial charge in [-0.15, -0.1) is 0 Å². The quantitative estimate of drug-likeness (QED) is 0.161. The highest BCUT2D eigenvalue weighted by atomic mass is 15.1. The summed E-state index contributed by atoms with van der Waals surface area (Å²) in [5, 5.41) is 6.53. The molecule has 4 aromatic heterocycles. The molecule has 38 heavy (non-hydrogen) atoms. The highest BCUT2D eigenvalue weighted by Gasteiger charge is 2.22. The third-order valence-corrected chi connectivity index (χ3v) is 5.88. The molecule has 188 valence electrons. The average molecular weight is 508 g/mol. The van der Waals surface area contributed by atoms with Crippen LogP contribution in [0.4, 0.5) is 46.3 Å². The van der Waals surface area contributed by atoms with E-state index in [0.29, 0.717) is 68.3 Å². The SMILES string of the molecule is Nc1[nH]c(Nc2ncnc(Nc3[nH]c(N)c(N)c3-c3ccncn3)c3cncc2-3)c(-c2ccncn2)c1N. The van der Waals surface area contributed by atoms with E-state index in [4.69, 9.17) is 22.9 Å². The summed E-state index contributed by atoms with van der Waals surface area (Å²) >= 11 is 0. The van der Waals surface area contributed by atoms with E-state index in [0.717, 1.165) is 0 Å². The van der Waals surface area contributed by atoms with E-state index in [1.807, 2.05) is 0 Å². The standard InChI is InChI=1S/C23H21N15/c24-16-14(12-1-3-28-7-31-12)22(35-18(16)26)37-20-10-5-30-6-11(10)21(34-9-33-20)38-23-15(17(25)19(27)36-23)13-2-4-29-8-32-13/h1-9,35-36H,24-27H2,(H2,33,34,37,38). The van der Waals surface area contributed by atoms with E-state index in [1.165, 1.54) is 19.0 Å². The number of nitrogens with zero attached hydrogens (tertiary/aromatic N) is 7. The molecule has 0 aliphatic carbocycles. The van der Waals surface area contributed by atoms with Gasteiger partial charge in [-0.2, -0.15) is 0 Å². The predicted octanol–water partition coefficient (Wildman–Crippen LogP) is 2.36.